The van der Waals surface area contributed by atoms with Crippen molar-refractivity contribution in [3.63, 3.8) is 0 Å². The minimum absolute atomic E-state index is 0.137. The van der Waals surface area contributed by atoms with E-state index in [1.807, 2.05) is 18.2 Å². The lowest BCUT2D eigenvalue weighted by Gasteiger charge is -2.22. The Morgan fingerprint density at radius 1 is 1.07 bits per heavy atom. The summed E-state index contributed by atoms with van der Waals surface area (Å²) >= 11 is 12.9. The van der Waals surface area contributed by atoms with Crippen LogP contribution in [-0.2, 0) is 0 Å². The number of halogens is 2. The van der Waals surface area contributed by atoms with Crippen LogP contribution in [0, 0.1) is 0 Å². The third-order valence-corrected chi connectivity index (χ3v) is 5.94. The number of phenolic OH excluding ortho intramolecular Hbond substituents is 1. The van der Waals surface area contributed by atoms with E-state index in [0.717, 1.165) is 36.5 Å². The molecule has 0 amide bonds. The lowest BCUT2D eigenvalue weighted by Crippen LogP contribution is -2.25. The van der Waals surface area contributed by atoms with Crippen molar-refractivity contribution < 1.29 is 9.84 Å². The Kier molecular flexibility index (Phi) is 5.95. The molecule has 5 nitrogen and oxygen atoms in total. The van der Waals surface area contributed by atoms with Gasteiger partial charge in [-0.05, 0) is 61.3 Å². The number of rotatable bonds is 6. The summed E-state index contributed by atoms with van der Waals surface area (Å²) in [5.41, 5.74) is 1.77. The first-order valence-corrected chi connectivity index (χ1v) is 10.3. The monoisotopic (exact) mass is 419 g/mol. The maximum absolute atomic E-state index is 9.60. The Balaban J connectivity index is 1.46. The molecule has 2 aromatic rings. The molecule has 0 spiro atoms. The molecule has 2 aliphatic rings. The fraction of sp³-hybridized carbons (Fsp3) is 0.381. The first-order valence-electron chi connectivity index (χ1n) is 9.52. The van der Waals surface area contributed by atoms with E-state index in [9.17, 15) is 5.11 Å². The molecule has 0 aromatic heterocycles. The van der Waals surface area contributed by atoms with Crippen LogP contribution in [-0.4, -0.2) is 42.6 Å². The van der Waals surface area contributed by atoms with Crippen molar-refractivity contribution in [3.05, 3.63) is 57.6 Å². The molecule has 1 fully saturated rings. The van der Waals surface area contributed by atoms with Gasteiger partial charge in [0.1, 0.15) is 24.1 Å². The van der Waals surface area contributed by atoms with Gasteiger partial charge >= 0.3 is 0 Å². The zero-order chi connectivity index (χ0) is 19.5. The molecule has 2 aromatic carbocycles. The smallest absolute Gasteiger partial charge is 0.120 e. The summed E-state index contributed by atoms with van der Waals surface area (Å²) in [5.74, 6) is 0.903. The lowest BCUT2D eigenvalue weighted by atomic mass is 9.94. The van der Waals surface area contributed by atoms with Crippen molar-refractivity contribution in [1.82, 2.24) is 10.2 Å². The summed E-state index contributed by atoms with van der Waals surface area (Å²) in [6.07, 6.45) is 4.24. The molecular weight excluding hydrogens is 397 g/mol. The van der Waals surface area contributed by atoms with Crippen molar-refractivity contribution in [1.29, 1.82) is 0 Å². The maximum atomic E-state index is 9.60. The van der Waals surface area contributed by atoms with E-state index < -0.39 is 0 Å². The average Bonchev–Trinajstić information content (AvgIpc) is 3.34. The van der Waals surface area contributed by atoms with Crippen molar-refractivity contribution in [2.75, 3.05) is 26.2 Å². The Labute approximate surface area is 174 Å². The highest BCUT2D eigenvalue weighted by molar-refractivity contribution is 6.32. The van der Waals surface area contributed by atoms with Crippen LogP contribution in [0.2, 0.25) is 10.0 Å². The molecule has 4 rings (SSSR count). The third kappa shape index (κ3) is 4.22. The Morgan fingerprint density at radius 3 is 2.57 bits per heavy atom. The van der Waals surface area contributed by atoms with E-state index in [1.54, 1.807) is 18.5 Å². The number of hydrogen-bond acceptors (Lipinski definition) is 5. The highest BCUT2D eigenvalue weighted by atomic mass is 35.5. The summed E-state index contributed by atoms with van der Waals surface area (Å²) in [5, 5.41) is 13.9. The molecule has 2 N–H and O–H groups in total. The van der Waals surface area contributed by atoms with Crippen LogP contribution >= 0.6 is 23.2 Å². The van der Waals surface area contributed by atoms with Gasteiger partial charge in [-0.1, -0.05) is 35.3 Å². The Bertz CT molecular complexity index is 869. The second-order valence-electron chi connectivity index (χ2n) is 7.15. The predicted molar refractivity (Wildman–Crippen MR) is 113 cm³/mol. The molecule has 7 heteroatoms. The van der Waals surface area contributed by atoms with Gasteiger partial charge in [0, 0.05) is 16.6 Å². The number of hydrogen-bond donors (Lipinski definition) is 2. The van der Waals surface area contributed by atoms with E-state index in [-0.39, 0.29) is 17.8 Å². The zero-order valence-electron chi connectivity index (χ0n) is 15.4. The molecule has 2 aliphatic heterocycles. The van der Waals surface area contributed by atoms with E-state index in [1.165, 1.54) is 18.9 Å². The van der Waals surface area contributed by atoms with Gasteiger partial charge in [0.15, 0.2) is 0 Å². The number of likely N-dealkylation sites (tertiary alicyclic amines) is 1. The fourth-order valence-electron chi connectivity index (χ4n) is 3.81. The molecule has 0 unspecified atom stereocenters. The van der Waals surface area contributed by atoms with Crippen LogP contribution in [0.3, 0.4) is 0 Å². The van der Waals surface area contributed by atoms with Gasteiger partial charge in [-0.2, -0.15) is 0 Å². The van der Waals surface area contributed by atoms with E-state index in [2.05, 4.69) is 15.2 Å². The van der Waals surface area contributed by atoms with Crippen LogP contribution in [0.4, 0.5) is 0 Å². The highest BCUT2D eigenvalue weighted by Gasteiger charge is 2.30. The molecule has 0 saturated carbocycles. The number of phenols is 1. The van der Waals surface area contributed by atoms with Gasteiger partial charge in [-0.25, -0.2) is 0 Å². The van der Waals surface area contributed by atoms with Crippen LogP contribution in [0.15, 0.2) is 41.4 Å². The van der Waals surface area contributed by atoms with Gasteiger partial charge in [0.2, 0.25) is 0 Å². The number of ether oxygens (including phenoxy) is 1. The van der Waals surface area contributed by atoms with Crippen molar-refractivity contribution >= 4 is 29.5 Å². The molecule has 2 atom stereocenters. The highest BCUT2D eigenvalue weighted by Crippen LogP contribution is 2.41. The van der Waals surface area contributed by atoms with Crippen molar-refractivity contribution in [2.45, 2.75) is 24.9 Å². The number of nitrogens with one attached hydrogen (secondary N) is 1. The van der Waals surface area contributed by atoms with Crippen LogP contribution in [0.1, 0.15) is 36.1 Å². The van der Waals surface area contributed by atoms with Gasteiger partial charge < -0.3 is 15.2 Å². The summed E-state index contributed by atoms with van der Waals surface area (Å²) in [6, 6.07) is 10.4. The second-order valence-corrected chi connectivity index (χ2v) is 7.97. The maximum Gasteiger partial charge on any atom is 0.120 e. The fourth-order valence-corrected chi connectivity index (χ4v) is 4.38. The predicted octanol–water partition coefficient (Wildman–Crippen LogP) is 4.59. The number of benzene rings is 2. The van der Waals surface area contributed by atoms with Crippen LogP contribution in [0.25, 0.3) is 0 Å². The second kappa shape index (κ2) is 8.60. The largest absolute Gasteiger partial charge is 0.508 e. The van der Waals surface area contributed by atoms with E-state index in [4.69, 9.17) is 27.9 Å². The minimum atomic E-state index is -0.201. The van der Waals surface area contributed by atoms with Gasteiger partial charge in [-0.3, -0.25) is 9.89 Å². The molecule has 2 heterocycles. The third-order valence-electron chi connectivity index (χ3n) is 5.29. The van der Waals surface area contributed by atoms with Gasteiger partial charge in [0.25, 0.3) is 0 Å². The minimum Gasteiger partial charge on any atom is -0.508 e. The van der Waals surface area contributed by atoms with E-state index >= 15 is 0 Å². The van der Waals surface area contributed by atoms with Crippen LogP contribution < -0.4 is 10.1 Å². The summed E-state index contributed by atoms with van der Waals surface area (Å²) in [4.78, 5) is 6.96. The van der Waals surface area contributed by atoms with Crippen molar-refractivity contribution in [3.8, 4) is 11.5 Å². The van der Waals surface area contributed by atoms with Crippen LogP contribution in [0.5, 0.6) is 11.5 Å². The number of nitrogens with zero attached hydrogens (tertiary/aromatic N) is 2. The standard InChI is InChI=1S/C21H23Cl2N3O2/c22-18-11-14(27)3-5-16(18)20-21(25-13-24-20)17-6-4-15(12-19(17)23)28-10-9-26-7-1-2-8-26/h3-6,11-13,20-21,27H,1-2,7-10H2,(H,24,25)/t20-,21+/m0/s1. The molecule has 0 aliphatic carbocycles. The summed E-state index contributed by atoms with van der Waals surface area (Å²) < 4.78 is 5.88. The number of aromatic hydroxyl groups is 1. The topological polar surface area (TPSA) is 57.1 Å². The molecular formula is C21H23Cl2N3O2. The lowest BCUT2D eigenvalue weighted by molar-refractivity contribution is 0.237. The normalized spacial score (nSPS) is 21.8. The average molecular weight is 420 g/mol. The molecule has 0 radical (unpaired) electrons. The Hall–Kier alpha value is -1.95. The van der Waals surface area contributed by atoms with Gasteiger partial charge in [0.05, 0.1) is 12.4 Å². The molecule has 0 bridgehead atoms. The molecule has 28 heavy (non-hydrogen) atoms. The quantitative estimate of drug-likeness (QED) is 0.718. The zero-order valence-corrected chi connectivity index (χ0v) is 17.0. The van der Waals surface area contributed by atoms with Gasteiger partial charge in [-0.15, -0.1) is 0 Å². The summed E-state index contributed by atoms with van der Waals surface area (Å²) in [6.45, 7) is 3.93. The first kappa shape index (κ1) is 19.4. The SMILES string of the molecule is Oc1ccc([C@@H]2NC=N[C@@H]2c2ccc(OCCN3CCCC3)cc2Cl)c(Cl)c1. The van der Waals surface area contributed by atoms with E-state index in [0.29, 0.717) is 16.7 Å². The summed E-state index contributed by atoms with van der Waals surface area (Å²) in [7, 11) is 0. The first-order chi connectivity index (χ1) is 13.6. The number of aliphatic imine (C=N–C) groups is 1. The molecule has 1 saturated heterocycles. The van der Waals surface area contributed by atoms with Crippen molar-refractivity contribution in [2.24, 2.45) is 4.99 Å². The Morgan fingerprint density at radius 2 is 1.82 bits per heavy atom. The molecule has 148 valence electrons.